The average molecular weight is 664 g/mol. The van der Waals surface area contributed by atoms with Gasteiger partial charge in [0.1, 0.15) is 11.5 Å². The SMILES string of the molecule is COc1ccc(C(=C(N)[B]CCCC[B]C(N)=C(c2ccc(OC)cc2)c2ccc(Cl)cc2Cl)c2ccc(Cl)cc2Cl)cc1. The Balaban J connectivity index is 1.46. The van der Waals surface area contributed by atoms with Crippen molar-refractivity contribution in [3.8, 4) is 11.5 Å². The topological polar surface area (TPSA) is 70.5 Å². The maximum atomic E-state index is 6.67. The molecular formula is C34H32B2Cl4N2O2. The van der Waals surface area contributed by atoms with Crippen molar-refractivity contribution in [2.45, 2.75) is 25.5 Å². The summed E-state index contributed by atoms with van der Waals surface area (Å²) in [6.07, 6.45) is 3.38. The van der Waals surface area contributed by atoms with Gasteiger partial charge < -0.3 is 20.9 Å². The van der Waals surface area contributed by atoms with Crippen molar-refractivity contribution >= 4 is 72.1 Å². The molecule has 4 aromatic rings. The van der Waals surface area contributed by atoms with Gasteiger partial charge in [0.2, 0.25) is 0 Å². The van der Waals surface area contributed by atoms with E-state index in [-0.39, 0.29) is 0 Å². The highest BCUT2D eigenvalue weighted by Crippen LogP contribution is 2.35. The van der Waals surface area contributed by atoms with Crippen LogP contribution >= 0.6 is 46.4 Å². The maximum absolute atomic E-state index is 6.67. The van der Waals surface area contributed by atoms with Crippen LogP contribution in [-0.2, 0) is 0 Å². The largest absolute Gasteiger partial charge is 0.497 e. The van der Waals surface area contributed by atoms with Gasteiger partial charge in [-0.3, -0.25) is 0 Å². The van der Waals surface area contributed by atoms with E-state index < -0.39 is 0 Å². The van der Waals surface area contributed by atoms with E-state index in [2.05, 4.69) is 0 Å². The first-order valence-corrected chi connectivity index (χ1v) is 15.6. The van der Waals surface area contributed by atoms with Crippen molar-refractivity contribution in [2.24, 2.45) is 11.5 Å². The molecule has 0 saturated carbocycles. The molecule has 0 aliphatic heterocycles. The molecule has 0 amide bonds. The monoisotopic (exact) mass is 662 g/mol. The zero-order valence-electron chi connectivity index (χ0n) is 24.5. The molecule has 224 valence electrons. The highest BCUT2D eigenvalue weighted by atomic mass is 35.5. The number of halogens is 4. The Labute approximate surface area is 281 Å². The van der Waals surface area contributed by atoms with E-state index in [9.17, 15) is 0 Å². The van der Waals surface area contributed by atoms with Crippen molar-refractivity contribution in [1.29, 1.82) is 0 Å². The zero-order valence-corrected chi connectivity index (χ0v) is 27.6. The molecule has 4 nitrogen and oxygen atoms in total. The Morgan fingerprint density at radius 3 is 1.25 bits per heavy atom. The van der Waals surface area contributed by atoms with Gasteiger partial charge in [-0.25, -0.2) is 0 Å². The van der Waals surface area contributed by atoms with Crippen LogP contribution in [0, 0.1) is 0 Å². The second kappa shape index (κ2) is 16.2. The first kappa shape index (κ1) is 33.7. The number of nitrogens with two attached hydrogens (primary N) is 2. The third-order valence-corrected chi connectivity index (χ3v) is 8.22. The molecular weight excluding hydrogens is 632 g/mol. The van der Waals surface area contributed by atoms with Crippen molar-refractivity contribution in [3.05, 3.63) is 138 Å². The quantitative estimate of drug-likeness (QED) is 0.110. The van der Waals surface area contributed by atoms with Gasteiger partial charge in [-0.2, -0.15) is 0 Å². The summed E-state index contributed by atoms with van der Waals surface area (Å²) in [6.45, 7) is 0. The Morgan fingerprint density at radius 2 is 0.932 bits per heavy atom. The number of ether oxygens (including phenoxy) is 2. The van der Waals surface area contributed by atoms with E-state index in [1.165, 1.54) is 0 Å². The lowest BCUT2D eigenvalue weighted by molar-refractivity contribution is 0.414. The number of rotatable bonds is 13. The summed E-state index contributed by atoms with van der Waals surface area (Å²) in [4.78, 5) is 0. The zero-order chi connectivity index (χ0) is 31.6. The molecule has 0 fully saturated rings. The first-order chi connectivity index (χ1) is 21.2. The lowest BCUT2D eigenvalue weighted by atomic mass is 9.63. The van der Waals surface area contributed by atoms with Gasteiger partial charge >= 0.3 is 0 Å². The predicted octanol–water partition coefficient (Wildman–Crippen LogP) is 9.39. The van der Waals surface area contributed by atoms with Gasteiger partial charge in [-0.1, -0.05) is 108 Å². The van der Waals surface area contributed by atoms with Crippen molar-refractivity contribution in [1.82, 2.24) is 0 Å². The summed E-state index contributed by atoms with van der Waals surface area (Å²) in [6, 6.07) is 26.3. The summed E-state index contributed by atoms with van der Waals surface area (Å²) in [5.74, 6) is 1.52. The van der Waals surface area contributed by atoms with Gasteiger partial charge in [0.25, 0.3) is 0 Å². The second-order valence-corrected chi connectivity index (χ2v) is 11.7. The van der Waals surface area contributed by atoms with Crippen LogP contribution in [0.15, 0.2) is 96.1 Å². The van der Waals surface area contributed by atoms with Crippen molar-refractivity contribution < 1.29 is 9.47 Å². The minimum absolute atomic E-state index is 0.532. The smallest absolute Gasteiger partial charge is 0.174 e. The number of benzene rings is 4. The van der Waals surface area contributed by atoms with E-state index in [0.717, 1.165) is 70.4 Å². The fourth-order valence-electron chi connectivity index (χ4n) is 4.86. The number of unbranched alkanes of at least 4 members (excludes halogenated alkanes) is 1. The van der Waals surface area contributed by atoms with Crippen LogP contribution in [0.4, 0.5) is 0 Å². The third-order valence-electron chi connectivity index (χ3n) is 7.12. The molecule has 0 bridgehead atoms. The molecule has 4 N–H and O–H groups in total. The lowest BCUT2D eigenvalue weighted by Crippen LogP contribution is -2.12. The molecule has 0 unspecified atom stereocenters. The second-order valence-electron chi connectivity index (χ2n) is 10.1. The summed E-state index contributed by atoms with van der Waals surface area (Å²) in [5, 5.41) is 2.19. The Hall–Kier alpha value is -3.15. The number of hydrogen-bond acceptors (Lipinski definition) is 4. The van der Waals surface area contributed by atoms with E-state index in [4.69, 9.17) is 67.3 Å². The van der Waals surface area contributed by atoms with Gasteiger partial charge in [-0.15, -0.1) is 0 Å². The van der Waals surface area contributed by atoms with E-state index in [1.807, 2.05) is 87.4 Å². The van der Waals surface area contributed by atoms with E-state index in [1.54, 1.807) is 26.4 Å². The molecule has 0 aliphatic carbocycles. The van der Waals surface area contributed by atoms with Crippen LogP contribution in [0.3, 0.4) is 0 Å². The Morgan fingerprint density at radius 1 is 0.568 bits per heavy atom. The minimum Gasteiger partial charge on any atom is -0.497 e. The molecule has 0 heterocycles. The summed E-state index contributed by atoms with van der Waals surface area (Å²) in [7, 11) is 7.36. The van der Waals surface area contributed by atoms with Crippen LogP contribution in [0.25, 0.3) is 11.1 Å². The lowest BCUT2D eigenvalue weighted by Gasteiger charge is -2.16. The number of methoxy groups -OCH3 is 2. The predicted molar refractivity (Wildman–Crippen MR) is 190 cm³/mol. The van der Waals surface area contributed by atoms with Crippen molar-refractivity contribution in [2.75, 3.05) is 14.2 Å². The highest BCUT2D eigenvalue weighted by molar-refractivity contribution is 6.48. The molecule has 0 atom stereocenters. The summed E-state index contributed by atoms with van der Waals surface area (Å²) >= 11 is 25.5. The Bertz CT molecular complexity index is 1520. The fraction of sp³-hybridized carbons (Fsp3) is 0.176. The molecule has 10 heteroatoms. The molecule has 4 rings (SSSR count). The van der Waals surface area contributed by atoms with E-state index >= 15 is 0 Å². The van der Waals surface area contributed by atoms with Gasteiger partial charge in [0, 0.05) is 31.2 Å². The molecule has 0 aromatic heterocycles. The first-order valence-electron chi connectivity index (χ1n) is 14.1. The van der Waals surface area contributed by atoms with E-state index in [0.29, 0.717) is 31.3 Å². The molecule has 44 heavy (non-hydrogen) atoms. The van der Waals surface area contributed by atoms with Crippen molar-refractivity contribution in [3.63, 3.8) is 0 Å². The molecule has 2 radical (unpaired) electrons. The van der Waals surface area contributed by atoms with Gasteiger partial charge in [0.15, 0.2) is 14.6 Å². The fourth-order valence-corrected chi connectivity index (χ4v) is 5.87. The van der Waals surface area contributed by atoms with Gasteiger partial charge in [0.05, 0.1) is 14.2 Å². The van der Waals surface area contributed by atoms with Crippen LogP contribution in [0.2, 0.25) is 32.7 Å². The molecule has 0 saturated heterocycles. The summed E-state index contributed by atoms with van der Waals surface area (Å²) in [5.41, 5.74) is 19.8. The maximum Gasteiger partial charge on any atom is 0.174 e. The van der Waals surface area contributed by atoms with Crippen LogP contribution in [-0.4, -0.2) is 28.8 Å². The van der Waals surface area contributed by atoms with Crippen LogP contribution in [0.5, 0.6) is 11.5 Å². The Kier molecular flexibility index (Phi) is 12.5. The van der Waals surface area contributed by atoms with Crippen LogP contribution in [0.1, 0.15) is 35.1 Å². The average Bonchev–Trinajstić information content (AvgIpc) is 3.02. The molecule has 4 aromatic carbocycles. The highest BCUT2D eigenvalue weighted by Gasteiger charge is 2.16. The molecule has 0 aliphatic rings. The third kappa shape index (κ3) is 8.73. The number of hydrogen-bond donors (Lipinski definition) is 2. The summed E-state index contributed by atoms with van der Waals surface area (Å²) < 4.78 is 10.7. The standard InChI is InChI=1S/C34H32B2Cl4N2O2/c1-43-25-11-5-21(6-12-25)31(27-15-9-23(37)19-29(27)39)33(41)35-17-3-4-18-36-34(42)32(22-7-13-26(44-2)14-8-22)28-16-10-24(38)20-30(28)40/h5-16,19-20H,3-4,17-18,41-42H2,1-2H3. The van der Waals surface area contributed by atoms with Crippen LogP contribution < -0.4 is 20.9 Å². The van der Waals surface area contributed by atoms with Gasteiger partial charge in [-0.05, 0) is 82.0 Å². The minimum atomic E-state index is 0.532. The molecule has 0 spiro atoms. The normalized spacial score (nSPS) is 12.2.